The summed E-state index contributed by atoms with van der Waals surface area (Å²) in [4.78, 5) is 13.3. The highest BCUT2D eigenvalue weighted by molar-refractivity contribution is 8.00. The average Bonchev–Trinajstić information content (AvgIpc) is 2.76. The first kappa shape index (κ1) is 17.3. The Morgan fingerprint density at radius 1 is 1.52 bits per heavy atom. The Balaban J connectivity index is 2.76. The molecule has 0 unspecified atom stereocenters. The number of alkyl halides is 3. The van der Waals surface area contributed by atoms with Crippen molar-refractivity contribution < 1.29 is 18.0 Å². The second-order valence-electron chi connectivity index (χ2n) is 4.29. The van der Waals surface area contributed by atoms with Crippen LogP contribution in [0.25, 0.3) is 0 Å². The van der Waals surface area contributed by atoms with E-state index in [9.17, 15) is 18.0 Å². The highest BCUT2D eigenvalue weighted by Gasteiger charge is 2.38. The molecule has 1 aromatic heterocycles. The summed E-state index contributed by atoms with van der Waals surface area (Å²) < 4.78 is 38.6. The van der Waals surface area contributed by atoms with E-state index in [0.717, 1.165) is 16.3 Å². The standard InChI is InChI=1S/C11H14F3N5OS/c1-7(8(20)18(2)6-4-5-15)21-10-17-16-9(19(10)3)11(12,13)14/h7H,4,6H2,1-3H3/t7-/m0/s1. The summed E-state index contributed by atoms with van der Waals surface area (Å²) in [5.41, 5.74) is 0. The van der Waals surface area contributed by atoms with Crippen LogP contribution in [0, 0.1) is 11.3 Å². The molecule has 1 amide bonds. The van der Waals surface area contributed by atoms with Gasteiger partial charge in [0.25, 0.3) is 0 Å². The Labute approximate surface area is 123 Å². The first-order chi connectivity index (χ1) is 9.68. The van der Waals surface area contributed by atoms with Crippen LogP contribution >= 0.6 is 11.8 Å². The molecule has 10 heteroatoms. The van der Waals surface area contributed by atoms with Crippen LogP contribution in [-0.4, -0.2) is 44.4 Å². The van der Waals surface area contributed by atoms with Gasteiger partial charge in [0.2, 0.25) is 11.7 Å². The Morgan fingerprint density at radius 2 is 2.14 bits per heavy atom. The lowest BCUT2D eigenvalue weighted by atomic mass is 10.3. The first-order valence-electron chi connectivity index (χ1n) is 5.93. The van der Waals surface area contributed by atoms with Crippen LogP contribution in [0.1, 0.15) is 19.2 Å². The predicted octanol–water partition coefficient (Wildman–Crippen LogP) is 1.69. The Bertz CT molecular complexity index is 551. The summed E-state index contributed by atoms with van der Waals surface area (Å²) in [6.07, 6.45) is -4.39. The molecule has 1 aromatic rings. The number of aromatic nitrogens is 3. The van der Waals surface area contributed by atoms with Crippen molar-refractivity contribution in [3.63, 3.8) is 0 Å². The van der Waals surface area contributed by atoms with Crippen molar-refractivity contribution in [2.24, 2.45) is 7.05 Å². The Hall–Kier alpha value is -1.76. The SMILES string of the molecule is C[C@H](Sc1nnc(C(F)(F)F)n1C)C(=O)N(C)CCC#N. The molecule has 0 radical (unpaired) electrons. The van der Waals surface area contributed by atoms with Gasteiger partial charge < -0.3 is 9.47 Å². The molecule has 0 saturated heterocycles. The lowest BCUT2D eigenvalue weighted by Crippen LogP contribution is -2.34. The van der Waals surface area contributed by atoms with Crippen molar-refractivity contribution in [1.29, 1.82) is 5.26 Å². The number of amides is 1. The van der Waals surface area contributed by atoms with Crippen LogP contribution in [0.5, 0.6) is 0 Å². The van der Waals surface area contributed by atoms with Crippen LogP contribution in [-0.2, 0) is 18.0 Å². The van der Waals surface area contributed by atoms with Crippen LogP contribution in [0.2, 0.25) is 0 Å². The number of carbonyl (C=O) groups is 1. The van der Waals surface area contributed by atoms with Gasteiger partial charge in [-0.1, -0.05) is 11.8 Å². The van der Waals surface area contributed by atoms with Gasteiger partial charge in [-0.2, -0.15) is 18.4 Å². The van der Waals surface area contributed by atoms with Gasteiger partial charge in [-0.15, -0.1) is 10.2 Å². The summed E-state index contributed by atoms with van der Waals surface area (Å²) in [6, 6.07) is 1.92. The number of hydrogen-bond donors (Lipinski definition) is 0. The lowest BCUT2D eigenvalue weighted by Gasteiger charge is -2.19. The molecule has 0 N–H and O–H groups in total. The number of halogens is 3. The van der Waals surface area contributed by atoms with E-state index in [1.54, 1.807) is 6.92 Å². The first-order valence-corrected chi connectivity index (χ1v) is 6.81. The van der Waals surface area contributed by atoms with Crippen molar-refractivity contribution in [2.75, 3.05) is 13.6 Å². The van der Waals surface area contributed by atoms with Crippen LogP contribution in [0.15, 0.2) is 5.16 Å². The van der Waals surface area contributed by atoms with E-state index in [4.69, 9.17) is 5.26 Å². The highest BCUT2D eigenvalue weighted by atomic mass is 32.2. The maximum atomic E-state index is 12.6. The second-order valence-corrected chi connectivity index (χ2v) is 5.60. The molecule has 0 aliphatic heterocycles. The van der Waals surface area contributed by atoms with Crippen LogP contribution in [0.4, 0.5) is 13.2 Å². The molecule has 0 saturated carbocycles. The van der Waals surface area contributed by atoms with Crippen molar-refractivity contribution in [3.8, 4) is 6.07 Å². The number of nitrogens with zero attached hydrogens (tertiary/aromatic N) is 5. The minimum absolute atomic E-state index is 0.0110. The third-order valence-electron chi connectivity index (χ3n) is 2.65. The summed E-state index contributed by atoms with van der Waals surface area (Å²) in [6.45, 7) is 1.84. The number of carbonyl (C=O) groups excluding carboxylic acids is 1. The number of rotatable bonds is 5. The predicted molar refractivity (Wildman–Crippen MR) is 69.2 cm³/mol. The molecule has 116 valence electrons. The van der Waals surface area contributed by atoms with Gasteiger partial charge in [-0.25, -0.2) is 0 Å². The van der Waals surface area contributed by atoms with Gasteiger partial charge in [-0.3, -0.25) is 4.79 Å². The van der Waals surface area contributed by atoms with Gasteiger partial charge in [0, 0.05) is 20.6 Å². The molecule has 0 bridgehead atoms. The summed E-state index contributed by atoms with van der Waals surface area (Å²) in [5.74, 6) is -1.39. The molecule has 1 atom stereocenters. The number of nitriles is 1. The minimum atomic E-state index is -4.59. The fourth-order valence-corrected chi connectivity index (χ4v) is 2.44. The van der Waals surface area contributed by atoms with E-state index in [0.29, 0.717) is 0 Å². The van der Waals surface area contributed by atoms with Gasteiger partial charge in [-0.05, 0) is 6.92 Å². The molecular formula is C11H14F3N5OS. The van der Waals surface area contributed by atoms with E-state index in [1.807, 2.05) is 6.07 Å². The van der Waals surface area contributed by atoms with Crippen LogP contribution < -0.4 is 0 Å². The fraction of sp³-hybridized carbons (Fsp3) is 0.636. The lowest BCUT2D eigenvalue weighted by molar-refractivity contribution is -0.147. The normalized spacial score (nSPS) is 12.8. The molecule has 0 aromatic carbocycles. The smallest absolute Gasteiger partial charge is 0.344 e. The molecule has 0 spiro atoms. The van der Waals surface area contributed by atoms with Crippen molar-refractivity contribution in [2.45, 2.75) is 29.9 Å². The topological polar surface area (TPSA) is 74.8 Å². The zero-order valence-electron chi connectivity index (χ0n) is 11.7. The van der Waals surface area contributed by atoms with E-state index >= 15 is 0 Å². The fourth-order valence-electron chi connectivity index (χ4n) is 1.51. The number of thioether (sulfide) groups is 1. The minimum Gasteiger partial charge on any atom is -0.344 e. The molecule has 1 rings (SSSR count). The summed E-state index contributed by atoms with van der Waals surface area (Å²) in [7, 11) is 2.73. The zero-order valence-corrected chi connectivity index (χ0v) is 12.5. The maximum absolute atomic E-state index is 12.6. The highest BCUT2D eigenvalue weighted by Crippen LogP contribution is 2.30. The van der Waals surface area contributed by atoms with E-state index in [1.165, 1.54) is 19.0 Å². The van der Waals surface area contributed by atoms with Gasteiger partial charge >= 0.3 is 6.18 Å². The summed E-state index contributed by atoms with van der Waals surface area (Å²) in [5, 5.41) is 14.4. The summed E-state index contributed by atoms with van der Waals surface area (Å²) >= 11 is 0.892. The average molecular weight is 321 g/mol. The maximum Gasteiger partial charge on any atom is 0.451 e. The molecule has 6 nitrogen and oxygen atoms in total. The molecule has 0 fully saturated rings. The molecule has 0 aliphatic rings. The van der Waals surface area contributed by atoms with Crippen molar-refractivity contribution in [1.82, 2.24) is 19.7 Å². The zero-order chi connectivity index (χ0) is 16.2. The van der Waals surface area contributed by atoms with Crippen molar-refractivity contribution >= 4 is 17.7 Å². The van der Waals surface area contributed by atoms with Gasteiger partial charge in [0.05, 0.1) is 17.7 Å². The van der Waals surface area contributed by atoms with Crippen LogP contribution in [0.3, 0.4) is 0 Å². The number of hydrogen-bond acceptors (Lipinski definition) is 5. The molecule has 1 heterocycles. The molecule has 21 heavy (non-hydrogen) atoms. The Kier molecular flexibility index (Phi) is 5.60. The van der Waals surface area contributed by atoms with E-state index in [-0.39, 0.29) is 24.0 Å². The van der Waals surface area contributed by atoms with Gasteiger partial charge in [0.1, 0.15) is 0 Å². The second kappa shape index (κ2) is 6.80. The molecule has 0 aliphatic carbocycles. The third kappa shape index (κ3) is 4.35. The monoisotopic (exact) mass is 321 g/mol. The third-order valence-corrected chi connectivity index (χ3v) is 3.78. The van der Waals surface area contributed by atoms with Gasteiger partial charge in [0.15, 0.2) is 5.16 Å². The van der Waals surface area contributed by atoms with Crippen molar-refractivity contribution in [3.05, 3.63) is 5.82 Å². The van der Waals surface area contributed by atoms with E-state index in [2.05, 4.69) is 10.2 Å². The Morgan fingerprint density at radius 3 is 2.62 bits per heavy atom. The van der Waals surface area contributed by atoms with E-state index < -0.39 is 17.3 Å². The quantitative estimate of drug-likeness (QED) is 0.772. The largest absolute Gasteiger partial charge is 0.451 e. The molecular weight excluding hydrogens is 307 g/mol.